The minimum absolute atomic E-state index is 0.0207. The fourth-order valence-electron chi connectivity index (χ4n) is 2.62. The molecule has 5 nitrogen and oxygen atoms in total. The fourth-order valence-corrected chi connectivity index (χ4v) is 2.89. The molecule has 0 aliphatic carbocycles. The summed E-state index contributed by atoms with van der Waals surface area (Å²) in [6, 6.07) is 5.48. The topological polar surface area (TPSA) is 59.0 Å². The number of carbonyl (C=O) groups excluding carboxylic acids is 1. The van der Waals surface area contributed by atoms with E-state index in [2.05, 4.69) is 15.6 Å². The van der Waals surface area contributed by atoms with E-state index in [9.17, 15) is 4.79 Å². The molecular weight excluding hydrogens is 288 g/mol. The molecule has 0 saturated carbocycles. The van der Waals surface area contributed by atoms with Gasteiger partial charge in [-0.05, 0) is 37.6 Å². The van der Waals surface area contributed by atoms with Gasteiger partial charge < -0.3 is 15.2 Å². The lowest BCUT2D eigenvalue weighted by atomic mass is 10.0. The van der Waals surface area contributed by atoms with E-state index in [1.807, 2.05) is 12.1 Å². The number of nitrogens with zero attached hydrogens (tertiary/aromatic N) is 2. The van der Waals surface area contributed by atoms with Crippen LogP contribution in [0.1, 0.15) is 12.8 Å². The van der Waals surface area contributed by atoms with Gasteiger partial charge in [-0.15, -0.1) is 0 Å². The van der Waals surface area contributed by atoms with Gasteiger partial charge in [-0.2, -0.15) is 0 Å². The summed E-state index contributed by atoms with van der Waals surface area (Å²) in [6.45, 7) is 1.91. The molecule has 0 radical (unpaired) electrons. The maximum atomic E-state index is 12.2. The van der Waals surface area contributed by atoms with Crippen LogP contribution in [0.3, 0.4) is 0 Å². The molecule has 21 heavy (non-hydrogen) atoms. The van der Waals surface area contributed by atoms with Crippen molar-refractivity contribution in [2.24, 2.45) is 5.92 Å². The molecule has 1 aromatic heterocycles. The molecular formula is C15H17ClN4O. The number of nitrogens with one attached hydrogen (secondary N) is 2. The van der Waals surface area contributed by atoms with Crippen LogP contribution >= 0.6 is 11.6 Å². The molecule has 1 atom stereocenters. The molecule has 110 valence electrons. The molecule has 1 aliphatic heterocycles. The largest absolute Gasteiger partial charge is 0.324 e. The van der Waals surface area contributed by atoms with E-state index in [0.29, 0.717) is 23.0 Å². The van der Waals surface area contributed by atoms with Gasteiger partial charge in [0.05, 0.1) is 22.7 Å². The number of halogens is 1. The average molecular weight is 305 g/mol. The van der Waals surface area contributed by atoms with Gasteiger partial charge in [0.1, 0.15) is 0 Å². The van der Waals surface area contributed by atoms with Crippen molar-refractivity contribution in [1.29, 1.82) is 0 Å². The Hall–Kier alpha value is -1.85. The van der Waals surface area contributed by atoms with Crippen molar-refractivity contribution in [2.45, 2.75) is 12.8 Å². The Bertz CT molecular complexity index is 621. The molecule has 1 fully saturated rings. The van der Waals surface area contributed by atoms with Crippen LogP contribution in [0.2, 0.25) is 5.02 Å². The zero-order chi connectivity index (χ0) is 14.7. The number of hydrogen-bond donors (Lipinski definition) is 2. The van der Waals surface area contributed by atoms with E-state index in [-0.39, 0.29) is 5.91 Å². The van der Waals surface area contributed by atoms with E-state index in [0.717, 1.165) is 25.2 Å². The molecule has 1 amide bonds. The van der Waals surface area contributed by atoms with E-state index in [4.69, 9.17) is 11.6 Å². The number of rotatable bonds is 4. The fraction of sp³-hybridized carbons (Fsp3) is 0.333. The summed E-state index contributed by atoms with van der Waals surface area (Å²) in [6.07, 6.45) is 6.73. The summed E-state index contributed by atoms with van der Waals surface area (Å²) in [4.78, 5) is 16.2. The van der Waals surface area contributed by atoms with Gasteiger partial charge in [0.25, 0.3) is 0 Å². The Balaban J connectivity index is 1.79. The first kappa shape index (κ1) is 14.1. The number of hydrogen-bond acceptors (Lipinski definition) is 3. The Morgan fingerprint density at radius 2 is 2.43 bits per heavy atom. The van der Waals surface area contributed by atoms with Crippen molar-refractivity contribution >= 4 is 23.2 Å². The zero-order valence-electron chi connectivity index (χ0n) is 11.6. The van der Waals surface area contributed by atoms with Gasteiger partial charge in [-0.3, -0.25) is 4.79 Å². The summed E-state index contributed by atoms with van der Waals surface area (Å²) < 4.78 is 1.80. The molecule has 1 saturated heterocycles. The van der Waals surface area contributed by atoms with Crippen molar-refractivity contribution in [3.63, 3.8) is 0 Å². The van der Waals surface area contributed by atoms with Crippen LogP contribution in [-0.4, -0.2) is 28.5 Å². The van der Waals surface area contributed by atoms with Crippen LogP contribution in [0.5, 0.6) is 0 Å². The summed E-state index contributed by atoms with van der Waals surface area (Å²) in [5, 5.41) is 6.81. The molecule has 1 aliphatic rings. The highest BCUT2D eigenvalue weighted by Gasteiger charge is 2.19. The second-order valence-electron chi connectivity index (χ2n) is 5.22. The number of benzene rings is 1. The van der Waals surface area contributed by atoms with Crippen molar-refractivity contribution in [1.82, 2.24) is 14.9 Å². The molecule has 0 spiro atoms. The lowest BCUT2D eigenvalue weighted by Crippen LogP contribution is -2.19. The van der Waals surface area contributed by atoms with E-state index in [1.54, 1.807) is 29.4 Å². The second kappa shape index (κ2) is 6.28. The first-order valence-electron chi connectivity index (χ1n) is 7.01. The Labute approximate surface area is 128 Å². The minimum atomic E-state index is 0.0207. The van der Waals surface area contributed by atoms with Gasteiger partial charge in [-0.1, -0.05) is 17.7 Å². The maximum absolute atomic E-state index is 12.2. The lowest BCUT2D eigenvalue weighted by molar-refractivity contribution is -0.116. The van der Waals surface area contributed by atoms with Gasteiger partial charge in [-0.25, -0.2) is 4.98 Å². The number of anilines is 1. The predicted molar refractivity (Wildman–Crippen MR) is 82.8 cm³/mol. The van der Waals surface area contributed by atoms with Gasteiger partial charge in [0.2, 0.25) is 5.91 Å². The molecule has 0 bridgehead atoms. The van der Waals surface area contributed by atoms with Crippen LogP contribution in [0.25, 0.3) is 5.69 Å². The molecule has 2 N–H and O–H groups in total. The third kappa shape index (κ3) is 3.25. The molecule has 3 rings (SSSR count). The SMILES string of the molecule is O=C(CC1CCNC1)Nc1cccc(Cl)c1-n1ccnc1. The van der Waals surface area contributed by atoms with E-state index >= 15 is 0 Å². The van der Waals surface area contributed by atoms with Crippen molar-refractivity contribution < 1.29 is 4.79 Å². The van der Waals surface area contributed by atoms with E-state index < -0.39 is 0 Å². The third-order valence-corrected chi connectivity index (χ3v) is 3.96. The zero-order valence-corrected chi connectivity index (χ0v) is 12.3. The monoisotopic (exact) mass is 304 g/mol. The molecule has 6 heteroatoms. The number of carbonyl (C=O) groups is 1. The summed E-state index contributed by atoms with van der Waals surface area (Å²) >= 11 is 6.26. The minimum Gasteiger partial charge on any atom is -0.324 e. The molecule has 1 aromatic carbocycles. The Morgan fingerprint density at radius 3 is 3.14 bits per heavy atom. The van der Waals surface area contributed by atoms with E-state index in [1.165, 1.54) is 0 Å². The number of amides is 1. The number of aromatic nitrogens is 2. The molecule has 2 aromatic rings. The quantitative estimate of drug-likeness (QED) is 0.912. The predicted octanol–water partition coefficient (Wildman–Crippen LogP) is 2.46. The first-order valence-corrected chi connectivity index (χ1v) is 7.39. The van der Waals surface area contributed by atoms with Gasteiger partial charge in [0, 0.05) is 18.8 Å². The lowest BCUT2D eigenvalue weighted by Gasteiger charge is -2.14. The molecule has 1 unspecified atom stereocenters. The highest BCUT2D eigenvalue weighted by molar-refractivity contribution is 6.33. The third-order valence-electron chi connectivity index (χ3n) is 3.66. The highest BCUT2D eigenvalue weighted by atomic mass is 35.5. The number of imidazole rings is 1. The smallest absolute Gasteiger partial charge is 0.224 e. The van der Waals surface area contributed by atoms with Crippen molar-refractivity contribution in [3.8, 4) is 5.69 Å². The van der Waals surface area contributed by atoms with Gasteiger partial charge >= 0.3 is 0 Å². The van der Waals surface area contributed by atoms with Crippen LogP contribution in [-0.2, 0) is 4.79 Å². The van der Waals surface area contributed by atoms with Gasteiger partial charge in [0.15, 0.2) is 0 Å². The van der Waals surface area contributed by atoms with Crippen LogP contribution in [0.4, 0.5) is 5.69 Å². The second-order valence-corrected chi connectivity index (χ2v) is 5.62. The average Bonchev–Trinajstić information content (AvgIpc) is 3.11. The standard InChI is InChI=1S/C15H17ClN4O/c16-12-2-1-3-13(15(12)20-7-6-18-10-20)19-14(21)8-11-4-5-17-9-11/h1-3,6-7,10-11,17H,4-5,8-9H2,(H,19,21). The van der Waals surface area contributed by atoms with Crippen molar-refractivity contribution in [2.75, 3.05) is 18.4 Å². The van der Waals surface area contributed by atoms with Crippen LogP contribution in [0.15, 0.2) is 36.9 Å². The Morgan fingerprint density at radius 1 is 1.52 bits per heavy atom. The summed E-state index contributed by atoms with van der Waals surface area (Å²) in [5.74, 6) is 0.438. The maximum Gasteiger partial charge on any atom is 0.224 e. The Kier molecular flexibility index (Phi) is 4.22. The normalized spacial score (nSPS) is 17.9. The van der Waals surface area contributed by atoms with Crippen LogP contribution in [0, 0.1) is 5.92 Å². The van der Waals surface area contributed by atoms with Crippen molar-refractivity contribution in [3.05, 3.63) is 41.9 Å². The first-order chi connectivity index (χ1) is 10.2. The summed E-state index contributed by atoms with van der Waals surface area (Å²) in [7, 11) is 0. The highest BCUT2D eigenvalue weighted by Crippen LogP contribution is 2.28. The number of para-hydroxylation sites is 1. The molecule has 2 heterocycles. The summed E-state index contributed by atoms with van der Waals surface area (Å²) in [5.41, 5.74) is 1.45. The van der Waals surface area contributed by atoms with Crippen LogP contribution < -0.4 is 10.6 Å².